The van der Waals surface area contributed by atoms with E-state index >= 15 is 0 Å². The Morgan fingerprint density at radius 2 is 1.88 bits per heavy atom. The van der Waals surface area contributed by atoms with Crippen molar-refractivity contribution in [2.24, 2.45) is 46.3 Å². The van der Waals surface area contributed by atoms with Crippen molar-refractivity contribution in [3.63, 3.8) is 0 Å². The first-order chi connectivity index (χ1) is 12.1. The molecule has 3 nitrogen and oxygen atoms in total. The van der Waals surface area contributed by atoms with E-state index in [2.05, 4.69) is 26.8 Å². The fraction of sp³-hybridized carbons (Fsp3) is 0.913. The highest BCUT2D eigenvalue weighted by molar-refractivity contribution is 5.84. The Morgan fingerprint density at radius 1 is 1.15 bits per heavy atom. The normalized spacial score (nSPS) is 53.0. The van der Waals surface area contributed by atoms with E-state index in [1.165, 1.54) is 32.1 Å². The lowest BCUT2D eigenvalue weighted by molar-refractivity contribution is -0.162. The number of rotatable bonds is 1. The van der Waals surface area contributed by atoms with E-state index in [4.69, 9.17) is 0 Å². The number of hydrogen-bond donors (Lipinski definition) is 1. The maximum absolute atomic E-state index is 13.5. The van der Waals surface area contributed by atoms with E-state index in [1.54, 1.807) is 6.92 Å². The van der Waals surface area contributed by atoms with E-state index < -0.39 is 5.60 Å². The number of hydrogen-bond acceptors (Lipinski definition) is 3. The van der Waals surface area contributed by atoms with E-state index in [0.717, 1.165) is 18.8 Å². The van der Waals surface area contributed by atoms with E-state index in [1.807, 2.05) is 0 Å². The van der Waals surface area contributed by atoms with Crippen LogP contribution in [0.3, 0.4) is 0 Å². The van der Waals surface area contributed by atoms with Gasteiger partial charge in [-0.3, -0.25) is 4.79 Å². The van der Waals surface area contributed by atoms with Crippen LogP contribution >= 0.6 is 0 Å². The summed E-state index contributed by atoms with van der Waals surface area (Å²) in [5.41, 5.74) is -1.34. The molecular weight excluding hydrogens is 322 g/mol. The second kappa shape index (κ2) is 5.81. The Balaban J connectivity index is 1.68. The van der Waals surface area contributed by atoms with Gasteiger partial charge in [0.2, 0.25) is 0 Å². The molecule has 0 aliphatic heterocycles. The van der Waals surface area contributed by atoms with E-state index in [-0.39, 0.29) is 22.7 Å². The van der Waals surface area contributed by atoms with E-state index in [0.29, 0.717) is 30.0 Å². The first-order valence-corrected chi connectivity index (χ1v) is 10.8. The summed E-state index contributed by atoms with van der Waals surface area (Å²) in [6, 6.07) is 2.13. The van der Waals surface area contributed by atoms with Crippen molar-refractivity contribution in [3.05, 3.63) is 0 Å². The number of carbonyl (C=O) groups is 1. The van der Waals surface area contributed by atoms with Gasteiger partial charge in [0.1, 0.15) is 5.78 Å². The zero-order valence-corrected chi connectivity index (χ0v) is 16.9. The molecule has 1 N–H and O–H groups in total. The molecule has 3 heteroatoms. The zero-order chi connectivity index (χ0) is 18.9. The third-order valence-corrected chi connectivity index (χ3v) is 9.52. The van der Waals surface area contributed by atoms with Crippen LogP contribution in [0.1, 0.15) is 79.1 Å². The Hall–Kier alpha value is -0.880. The first kappa shape index (κ1) is 18.5. The zero-order valence-electron chi connectivity index (χ0n) is 16.9. The van der Waals surface area contributed by atoms with Gasteiger partial charge in [-0.15, -0.1) is 0 Å². The third kappa shape index (κ3) is 2.37. The van der Waals surface area contributed by atoms with Gasteiger partial charge in [-0.2, -0.15) is 5.26 Å². The Bertz CT molecular complexity index is 649. The summed E-state index contributed by atoms with van der Waals surface area (Å²) < 4.78 is 0. The van der Waals surface area contributed by atoms with Gasteiger partial charge < -0.3 is 5.11 Å². The maximum atomic E-state index is 13.5. The molecule has 0 amide bonds. The molecule has 0 aromatic heterocycles. The highest BCUT2D eigenvalue weighted by Crippen LogP contribution is 2.67. The summed E-state index contributed by atoms with van der Waals surface area (Å²) in [7, 11) is 0. The molecule has 9 atom stereocenters. The van der Waals surface area contributed by atoms with Crippen molar-refractivity contribution in [1.82, 2.24) is 0 Å². The lowest BCUT2D eigenvalue weighted by atomic mass is 9.43. The molecule has 0 heterocycles. The van der Waals surface area contributed by atoms with Gasteiger partial charge in [-0.1, -0.05) is 27.2 Å². The van der Waals surface area contributed by atoms with Crippen molar-refractivity contribution >= 4 is 5.78 Å². The van der Waals surface area contributed by atoms with Gasteiger partial charge in [0.05, 0.1) is 6.07 Å². The van der Waals surface area contributed by atoms with Gasteiger partial charge >= 0.3 is 0 Å². The van der Waals surface area contributed by atoms with Crippen LogP contribution < -0.4 is 0 Å². The molecule has 144 valence electrons. The van der Waals surface area contributed by atoms with Crippen molar-refractivity contribution < 1.29 is 9.90 Å². The van der Waals surface area contributed by atoms with Crippen LogP contribution in [0.15, 0.2) is 0 Å². The number of aliphatic hydroxyl groups is 1. The molecule has 4 aliphatic rings. The summed E-state index contributed by atoms with van der Waals surface area (Å²) >= 11 is 0. The molecule has 4 rings (SSSR count). The summed E-state index contributed by atoms with van der Waals surface area (Å²) in [5, 5.41) is 20.2. The number of fused-ring (bicyclic) bond motifs is 5. The van der Waals surface area contributed by atoms with Crippen molar-refractivity contribution in [1.29, 1.82) is 5.26 Å². The monoisotopic (exact) mass is 357 g/mol. The maximum Gasteiger partial charge on any atom is 0.151 e. The van der Waals surface area contributed by atoms with Crippen molar-refractivity contribution in [3.8, 4) is 6.07 Å². The minimum atomic E-state index is -1.32. The highest BCUT2D eigenvalue weighted by atomic mass is 16.3. The van der Waals surface area contributed by atoms with Gasteiger partial charge in [0, 0.05) is 18.3 Å². The van der Waals surface area contributed by atoms with Gasteiger partial charge in [-0.25, -0.2) is 0 Å². The average Bonchev–Trinajstić information content (AvgIpc) is 2.92. The summed E-state index contributed by atoms with van der Waals surface area (Å²) in [4.78, 5) is 13.5. The standard InChI is InChI=1S/C23H35NO2/c1-14-9-10-21(2)15(11-14)5-6-16-17-7-8-19(23(4,26)13-24)22(17,3)12-18(25)20(16)21/h14-17,19-20,26H,5-12H2,1-4H3/t14-,15+,16+,17+,19+,20-,21+,22+,23?/m1/s1. The minimum absolute atomic E-state index is 0.0770. The molecule has 4 aliphatic carbocycles. The number of nitrogens with zero attached hydrogens (tertiary/aromatic N) is 1. The van der Waals surface area contributed by atoms with Gasteiger partial charge in [-0.05, 0) is 80.0 Å². The van der Waals surface area contributed by atoms with Gasteiger partial charge in [0.25, 0.3) is 0 Å². The molecule has 0 saturated heterocycles. The Labute approximate surface area is 158 Å². The smallest absolute Gasteiger partial charge is 0.151 e. The largest absolute Gasteiger partial charge is 0.375 e. The van der Waals surface area contributed by atoms with Crippen molar-refractivity contribution in [2.45, 2.75) is 84.7 Å². The molecule has 4 saturated carbocycles. The van der Waals surface area contributed by atoms with E-state index in [9.17, 15) is 15.2 Å². The van der Waals surface area contributed by atoms with Crippen LogP contribution in [-0.2, 0) is 4.79 Å². The number of ketones is 1. The molecular formula is C23H35NO2. The summed E-state index contributed by atoms with van der Waals surface area (Å²) in [5.74, 6) is 3.05. The predicted molar refractivity (Wildman–Crippen MR) is 101 cm³/mol. The summed E-state index contributed by atoms with van der Waals surface area (Å²) in [6.07, 6.45) is 8.72. The molecule has 0 bridgehead atoms. The SMILES string of the molecule is C[C@@H]1CC[C@@]2(C)[C@@H](CC[C@H]3[C@@H]4CC[C@H](C(C)(O)C#N)[C@@]4(C)CC(=O)[C@@H]32)C1. The van der Waals surface area contributed by atoms with Crippen LogP contribution in [0.5, 0.6) is 0 Å². The lowest BCUT2D eigenvalue weighted by Crippen LogP contribution is -2.58. The second-order valence-electron chi connectivity index (χ2n) is 10.9. The van der Waals surface area contributed by atoms with Crippen molar-refractivity contribution in [2.75, 3.05) is 0 Å². The Kier molecular flexibility index (Phi) is 4.13. The topological polar surface area (TPSA) is 61.1 Å². The second-order valence-corrected chi connectivity index (χ2v) is 10.9. The molecule has 0 aromatic rings. The predicted octanol–water partition coefficient (Wildman–Crippen LogP) is 4.73. The Morgan fingerprint density at radius 3 is 2.58 bits per heavy atom. The number of nitriles is 1. The van der Waals surface area contributed by atoms with Crippen LogP contribution in [0.4, 0.5) is 0 Å². The summed E-state index contributed by atoms with van der Waals surface area (Å²) in [6.45, 7) is 8.64. The molecule has 0 aromatic carbocycles. The molecule has 26 heavy (non-hydrogen) atoms. The fourth-order valence-electron chi connectivity index (χ4n) is 8.29. The fourth-order valence-corrected chi connectivity index (χ4v) is 8.29. The molecule has 0 radical (unpaired) electrons. The van der Waals surface area contributed by atoms with Crippen LogP contribution in [0, 0.1) is 57.7 Å². The number of carbonyl (C=O) groups excluding carboxylic acids is 1. The molecule has 4 fully saturated rings. The highest BCUT2D eigenvalue weighted by Gasteiger charge is 2.65. The van der Waals surface area contributed by atoms with Crippen LogP contribution in [-0.4, -0.2) is 16.5 Å². The number of Topliss-reactive ketones (excluding diaryl/α,β-unsaturated/α-hetero) is 1. The van der Waals surface area contributed by atoms with Crippen LogP contribution in [0.2, 0.25) is 0 Å². The molecule has 0 spiro atoms. The quantitative estimate of drug-likeness (QED) is 0.690. The third-order valence-electron chi connectivity index (χ3n) is 9.52. The van der Waals surface area contributed by atoms with Crippen LogP contribution in [0.25, 0.3) is 0 Å². The molecule has 1 unspecified atom stereocenters. The van der Waals surface area contributed by atoms with Gasteiger partial charge in [0.15, 0.2) is 5.60 Å². The first-order valence-electron chi connectivity index (χ1n) is 10.8. The minimum Gasteiger partial charge on any atom is -0.375 e. The average molecular weight is 358 g/mol. The lowest BCUT2D eigenvalue weighted by Gasteiger charge is -2.60.